The average molecular weight is 289 g/mol. The predicted octanol–water partition coefficient (Wildman–Crippen LogP) is 4.70. The number of hydrogen-bond acceptors (Lipinski definition) is 2. The fourth-order valence-electron chi connectivity index (χ4n) is 2.19. The molecule has 0 aliphatic heterocycles. The molecule has 0 saturated heterocycles. The molecule has 0 aliphatic rings. The largest absolute Gasteiger partial charge is 0.326 e. The molecule has 0 spiro atoms. The average Bonchev–Trinajstić information content (AvgIpc) is 2.45. The van der Waals surface area contributed by atoms with E-state index < -0.39 is 0 Å². The van der Waals surface area contributed by atoms with Gasteiger partial charge in [-0.05, 0) is 42.7 Å². The third kappa shape index (κ3) is 3.62. The highest BCUT2D eigenvalue weighted by Crippen LogP contribution is 2.39. The maximum atomic E-state index is 13.3. The van der Waals surface area contributed by atoms with E-state index in [-0.39, 0.29) is 17.1 Å². The first-order valence-electron chi connectivity index (χ1n) is 6.85. The van der Waals surface area contributed by atoms with Gasteiger partial charge in [0.25, 0.3) is 0 Å². The van der Waals surface area contributed by atoms with E-state index >= 15 is 0 Å². The van der Waals surface area contributed by atoms with Crippen molar-refractivity contribution < 1.29 is 4.39 Å². The van der Waals surface area contributed by atoms with Crippen molar-refractivity contribution in [3.05, 3.63) is 65.5 Å². The van der Waals surface area contributed by atoms with Crippen molar-refractivity contribution in [2.45, 2.75) is 36.5 Å². The third-order valence-electron chi connectivity index (χ3n) is 3.41. The summed E-state index contributed by atoms with van der Waals surface area (Å²) in [5, 5.41) is 0.142. The number of thioether (sulfide) groups is 1. The lowest BCUT2D eigenvalue weighted by Gasteiger charge is -2.24. The summed E-state index contributed by atoms with van der Waals surface area (Å²) in [5.41, 5.74) is 8.75. The van der Waals surface area contributed by atoms with E-state index in [2.05, 4.69) is 26.0 Å². The van der Waals surface area contributed by atoms with Crippen LogP contribution in [0.3, 0.4) is 0 Å². The lowest BCUT2D eigenvalue weighted by molar-refractivity contribution is 0.621. The van der Waals surface area contributed by atoms with E-state index in [0.717, 1.165) is 11.3 Å². The predicted molar refractivity (Wildman–Crippen MR) is 84.4 cm³/mol. The van der Waals surface area contributed by atoms with Crippen LogP contribution in [-0.2, 0) is 0 Å². The first kappa shape index (κ1) is 15.1. The minimum absolute atomic E-state index is 0.0457. The van der Waals surface area contributed by atoms with Gasteiger partial charge < -0.3 is 5.73 Å². The highest BCUT2D eigenvalue weighted by Gasteiger charge is 2.21. The van der Waals surface area contributed by atoms with Gasteiger partial charge in [-0.1, -0.05) is 37.3 Å². The molecule has 2 aromatic carbocycles. The first-order valence-corrected chi connectivity index (χ1v) is 7.73. The fourth-order valence-corrected chi connectivity index (χ4v) is 3.58. The second kappa shape index (κ2) is 6.91. The molecule has 0 radical (unpaired) electrons. The van der Waals surface area contributed by atoms with Crippen molar-refractivity contribution in [1.82, 2.24) is 0 Å². The Kier molecular flexibility index (Phi) is 5.21. The molecule has 0 aromatic heterocycles. The quantitative estimate of drug-likeness (QED) is 0.807. The van der Waals surface area contributed by atoms with Gasteiger partial charge in [-0.25, -0.2) is 4.39 Å². The molecule has 106 valence electrons. The summed E-state index contributed by atoms with van der Waals surface area (Å²) in [6.45, 7) is 4.18. The van der Waals surface area contributed by atoms with Crippen molar-refractivity contribution in [3.8, 4) is 0 Å². The molecule has 2 atom stereocenters. The van der Waals surface area contributed by atoms with Gasteiger partial charge in [0.1, 0.15) is 5.82 Å². The summed E-state index contributed by atoms with van der Waals surface area (Å²) in [5.74, 6) is -0.205. The Balaban J connectivity index is 2.32. The summed E-state index contributed by atoms with van der Waals surface area (Å²) in [6, 6.07) is 15.0. The summed E-state index contributed by atoms with van der Waals surface area (Å²) >= 11 is 1.64. The highest BCUT2D eigenvalue weighted by atomic mass is 32.2. The van der Waals surface area contributed by atoms with E-state index in [4.69, 9.17) is 5.73 Å². The van der Waals surface area contributed by atoms with Crippen LogP contribution in [0.25, 0.3) is 0 Å². The van der Waals surface area contributed by atoms with Gasteiger partial charge in [0, 0.05) is 16.2 Å². The van der Waals surface area contributed by atoms with Gasteiger partial charge in [-0.15, -0.1) is 11.8 Å². The maximum absolute atomic E-state index is 13.3. The Hall–Kier alpha value is -1.32. The Morgan fingerprint density at radius 1 is 1.15 bits per heavy atom. The topological polar surface area (TPSA) is 26.0 Å². The summed E-state index contributed by atoms with van der Waals surface area (Å²) < 4.78 is 13.3. The van der Waals surface area contributed by atoms with Crippen LogP contribution in [0.5, 0.6) is 0 Å². The van der Waals surface area contributed by atoms with Crippen LogP contribution in [0.2, 0.25) is 0 Å². The van der Waals surface area contributed by atoms with Crippen LogP contribution >= 0.6 is 11.8 Å². The molecule has 1 nitrogen and oxygen atoms in total. The second-order valence-corrected chi connectivity index (χ2v) is 6.14. The van der Waals surface area contributed by atoms with Crippen molar-refractivity contribution in [1.29, 1.82) is 0 Å². The lowest BCUT2D eigenvalue weighted by atomic mass is 10.00. The van der Waals surface area contributed by atoms with Crippen molar-refractivity contribution in [2.24, 2.45) is 5.73 Å². The number of aryl methyl sites for hydroxylation is 1. The van der Waals surface area contributed by atoms with Gasteiger partial charge in [0.15, 0.2) is 0 Å². The third-order valence-corrected chi connectivity index (χ3v) is 4.80. The molecule has 0 bridgehead atoms. The van der Waals surface area contributed by atoms with Crippen molar-refractivity contribution in [2.75, 3.05) is 0 Å². The van der Waals surface area contributed by atoms with Crippen molar-refractivity contribution in [3.63, 3.8) is 0 Å². The summed E-state index contributed by atoms with van der Waals surface area (Å²) in [7, 11) is 0. The van der Waals surface area contributed by atoms with Crippen LogP contribution < -0.4 is 5.73 Å². The fraction of sp³-hybridized carbons (Fsp3) is 0.294. The highest BCUT2D eigenvalue weighted by molar-refractivity contribution is 7.99. The van der Waals surface area contributed by atoms with Gasteiger partial charge in [-0.2, -0.15) is 0 Å². The minimum atomic E-state index is -0.205. The van der Waals surface area contributed by atoms with Crippen LogP contribution in [0.1, 0.15) is 29.7 Å². The number of hydrogen-bond donors (Lipinski definition) is 1. The Morgan fingerprint density at radius 3 is 2.55 bits per heavy atom. The molecule has 20 heavy (non-hydrogen) atoms. The monoisotopic (exact) mass is 289 g/mol. The molecule has 2 unspecified atom stereocenters. The Bertz CT molecular complexity index is 570. The molecular weight excluding hydrogens is 269 g/mol. The molecular formula is C17H20FNS. The minimum Gasteiger partial charge on any atom is -0.326 e. The normalized spacial score (nSPS) is 14.0. The van der Waals surface area contributed by atoms with Gasteiger partial charge in [-0.3, -0.25) is 0 Å². The standard InChI is InChI=1S/C17H20FNS/c1-3-16(19)17(15-10-5-4-7-12(15)2)20-14-9-6-8-13(18)11-14/h4-11,16-17H,3,19H2,1-2H3. The van der Waals surface area contributed by atoms with E-state index in [1.807, 2.05) is 18.2 Å². The Labute approximate surface area is 124 Å². The summed E-state index contributed by atoms with van der Waals surface area (Å²) in [6.07, 6.45) is 0.890. The Morgan fingerprint density at radius 2 is 1.90 bits per heavy atom. The number of rotatable bonds is 5. The molecule has 0 fully saturated rings. The van der Waals surface area contributed by atoms with Gasteiger partial charge in [0.2, 0.25) is 0 Å². The number of nitrogens with two attached hydrogens (primary N) is 1. The van der Waals surface area contributed by atoms with Crippen LogP contribution in [0.4, 0.5) is 4.39 Å². The summed E-state index contributed by atoms with van der Waals surface area (Å²) in [4.78, 5) is 0.919. The molecule has 2 N–H and O–H groups in total. The van der Waals surface area contributed by atoms with E-state index in [9.17, 15) is 4.39 Å². The van der Waals surface area contributed by atoms with Crippen molar-refractivity contribution >= 4 is 11.8 Å². The molecule has 0 saturated carbocycles. The number of benzene rings is 2. The molecule has 0 heterocycles. The molecule has 2 rings (SSSR count). The van der Waals surface area contributed by atoms with Gasteiger partial charge >= 0.3 is 0 Å². The second-order valence-electron chi connectivity index (χ2n) is 4.92. The van der Waals surface area contributed by atoms with E-state index in [0.29, 0.717) is 0 Å². The van der Waals surface area contributed by atoms with E-state index in [1.165, 1.54) is 17.2 Å². The SMILES string of the molecule is CCC(N)C(Sc1cccc(F)c1)c1ccccc1C. The van der Waals surface area contributed by atoms with Gasteiger partial charge in [0.05, 0.1) is 0 Å². The zero-order valence-electron chi connectivity index (χ0n) is 11.8. The number of halogens is 1. The molecule has 0 amide bonds. The molecule has 2 aromatic rings. The van der Waals surface area contributed by atoms with Crippen LogP contribution in [0, 0.1) is 12.7 Å². The van der Waals surface area contributed by atoms with E-state index in [1.54, 1.807) is 23.9 Å². The molecule has 3 heteroatoms. The van der Waals surface area contributed by atoms with Crippen LogP contribution in [-0.4, -0.2) is 6.04 Å². The smallest absolute Gasteiger partial charge is 0.124 e. The zero-order valence-corrected chi connectivity index (χ0v) is 12.7. The lowest BCUT2D eigenvalue weighted by Crippen LogP contribution is -2.26. The first-order chi connectivity index (χ1) is 9.61. The molecule has 0 aliphatic carbocycles. The maximum Gasteiger partial charge on any atom is 0.124 e. The van der Waals surface area contributed by atoms with Crippen LogP contribution in [0.15, 0.2) is 53.4 Å². The zero-order chi connectivity index (χ0) is 14.5.